The lowest BCUT2D eigenvalue weighted by Gasteiger charge is -2.37. The number of nitrogens with one attached hydrogen (secondary N) is 1. The molecular weight excluding hydrogens is 506 g/mol. The number of anilines is 1. The van der Waals surface area contributed by atoms with E-state index in [1.165, 1.54) is 6.08 Å². The molecule has 1 unspecified atom stereocenters. The number of hydrogen-bond acceptors (Lipinski definition) is 7. The molecule has 0 aromatic carbocycles. The van der Waals surface area contributed by atoms with E-state index in [9.17, 15) is 9.18 Å². The SMILES string of the molecule is C=CC(=C)N1CCN(c2nc(=O)[nH]c3c2=CC(Cl)=C(C2=CC4N=C(N)SC4=C(F)C=C2)CC=3F)CC1. The van der Waals surface area contributed by atoms with Gasteiger partial charge in [0.25, 0.3) is 0 Å². The third kappa shape index (κ3) is 4.46. The molecule has 3 heterocycles. The molecule has 0 saturated carbocycles. The van der Waals surface area contributed by atoms with Crippen LogP contribution in [-0.2, 0) is 0 Å². The number of aromatic nitrogens is 2. The Kier molecular flexibility index (Phi) is 6.48. The van der Waals surface area contributed by atoms with Crippen LogP contribution in [-0.4, -0.2) is 52.3 Å². The van der Waals surface area contributed by atoms with Crippen LogP contribution < -0.4 is 26.9 Å². The largest absolute Gasteiger partial charge is 0.378 e. The fraction of sp³-hybridized carbons (Fsp3) is 0.240. The number of aromatic amines is 1. The summed E-state index contributed by atoms with van der Waals surface area (Å²) < 4.78 is 30.2. The summed E-state index contributed by atoms with van der Waals surface area (Å²) in [7, 11) is 0. The van der Waals surface area contributed by atoms with Gasteiger partial charge in [-0.3, -0.25) is 0 Å². The molecule has 2 aliphatic carbocycles. The summed E-state index contributed by atoms with van der Waals surface area (Å²) in [5.74, 6) is -0.656. The van der Waals surface area contributed by atoms with Crippen molar-refractivity contribution in [3.8, 4) is 0 Å². The number of thioether (sulfide) groups is 1. The molecule has 3 N–H and O–H groups in total. The van der Waals surface area contributed by atoms with Gasteiger partial charge in [-0.25, -0.2) is 18.6 Å². The Bertz CT molecular complexity index is 1510. The van der Waals surface area contributed by atoms with E-state index in [2.05, 4.69) is 33.0 Å². The average Bonchev–Trinajstić information content (AvgIpc) is 3.11. The summed E-state index contributed by atoms with van der Waals surface area (Å²) in [5.41, 5.74) is 6.93. The third-order valence-corrected chi connectivity index (χ3v) is 7.72. The number of allylic oxidation sites excluding steroid dienone is 7. The average molecular weight is 529 g/mol. The first-order chi connectivity index (χ1) is 17.2. The summed E-state index contributed by atoms with van der Waals surface area (Å²) in [4.78, 5) is 27.8. The topological polar surface area (TPSA) is 90.6 Å². The van der Waals surface area contributed by atoms with Gasteiger partial charge in [0.15, 0.2) is 5.17 Å². The first-order valence-electron chi connectivity index (χ1n) is 11.3. The summed E-state index contributed by atoms with van der Waals surface area (Å²) in [6, 6.07) is -0.607. The molecular formula is C25H23ClF2N6OS. The van der Waals surface area contributed by atoms with Crippen molar-refractivity contribution in [1.82, 2.24) is 14.9 Å². The van der Waals surface area contributed by atoms with Gasteiger partial charge in [0.2, 0.25) is 0 Å². The number of halogens is 3. The molecule has 0 radical (unpaired) electrons. The van der Waals surface area contributed by atoms with Gasteiger partial charge >= 0.3 is 5.69 Å². The summed E-state index contributed by atoms with van der Waals surface area (Å²) in [5, 5.41) is 0.960. The Morgan fingerprint density at radius 1 is 1.28 bits per heavy atom. The lowest BCUT2D eigenvalue weighted by atomic mass is 10.00. The third-order valence-electron chi connectivity index (χ3n) is 6.41. The number of piperazine rings is 1. The molecule has 5 rings (SSSR count). The van der Waals surface area contributed by atoms with Gasteiger partial charge < -0.3 is 20.5 Å². The highest BCUT2D eigenvalue weighted by atomic mass is 35.5. The molecule has 11 heteroatoms. The Morgan fingerprint density at radius 3 is 2.75 bits per heavy atom. The van der Waals surface area contributed by atoms with Crippen molar-refractivity contribution in [3.05, 3.63) is 91.1 Å². The molecule has 0 spiro atoms. The summed E-state index contributed by atoms with van der Waals surface area (Å²) in [6.45, 7) is 10.1. The van der Waals surface area contributed by atoms with Crippen LogP contribution in [0.15, 0.2) is 79.9 Å². The Morgan fingerprint density at radius 2 is 2.03 bits per heavy atom. The first-order valence-corrected chi connectivity index (χ1v) is 12.5. The zero-order valence-electron chi connectivity index (χ0n) is 19.2. The smallest absolute Gasteiger partial charge is 0.347 e. The molecule has 0 amide bonds. The molecule has 2 aliphatic heterocycles. The Balaban J connectivity index is 1.58. The molecule has 1 fully saturated rings. The minimum absolute atomic E-state index is 0.0398. The fourth-order valence-electron chi connectivity index (χ4n) is 4.55. The van der Waals surface area contributed by atoms with E-state index in [-0.39, 0.29) is 22.0 Å². The minimum Gasteiger partial charge on any atom is -0.378 e. The second-order valence-corrected chi connectivity index (χ2v) is 10.0. The van der Waals surface area contributed by atoms with E-state index < -0.39 is 23.4 Å². The van der Waals surface area contributed by atoms with Crippen molar-refractivity contribution < 1.29 is 8.78 Å². The first kappa shape index (κ1) is 24.3. The van der Waals surface area contributed by atoms with Crippen LogP contribution in [0.3, 0.4) is 0 Å². The molecule has 1 aromatic rings. The van der Waals surface area contributed by atoms with Gasteiger partial charge in [-0.05, 0) is 35.5 Å². The second-order valence-electron chi connectivity index (χ2n) is 8.56. The highest BCUT2D eigenvalue weighted by Crippen LogP contribution is 2.39. The molecule has 7 nitrogen and oxygen atoms in total. The van der Waals surface area contributed by atoms with E-state index in [1.807, 2.05) is 4.90 Å². The van der Waals surface area contributed by atoms with Crippen LogP contribution >= 0.6 is 23.4 Å². The number of hydrogen-bond donors (Lipinski definition) is 2. The second kappa shape index (κ2) is 9.59. The fourth-order valence-corrected chi connectivity index (χ4v) is 5.63. The molecule has 36 heavy (non-hydrogen) atoms. The quantitative estimate of drug-likeness (QED) is 0.584. The Labute approximate surface area is 215 Å². The minimum atomic E-state index is -0.651. The molecule has 1 aromatic heterocycles. The van der Waals surface area contributed by atoms with Gasteiger partial charge in [-0.15, -0.1) is 0 Å². The lowest BCUT2D eigenvalue weighted by Crippen LogP contribution is -2.50. The maximum Gasteiger partial charge on any atom is 0.347 e. The van der Waals surface area contributed by atoms with Gasteiger partial charge in [-0.2, -0.15) is 4.98 Å². The maximum atomic E-state index is 15.6. The van der Waals surface area contributed by atoms with Crippen LogP contribution in [0, 0.1) is 0 Å². The highest BCUT2D eigenvalue weighted by molar-refractivity contribution is 8.17. The number of aliphatic imine (C=N–C) groups is 1. The monoisotopic (exact) mass is 528 g/mol. The zero-order valence-corrected chi connectivity index (χ0v) is 20.8. The summed E-state index contributed by atoms with van der Waals surface area (Å²) >= 11 is 7.81. The predicted molar refractivity (Wildman–Crippen MR) is 142 cm³/mol. The van der Waals surface area contributed by atoms with Crippen molar-refractivity contribution >= 4 is 46.3 Å². The van der Waals surface area contributed by atoms with Crippen molar-refractivity contribution in [2.45, 2.75) is 12.5 Å². The molecule has 1 saturated heterocycles. The zero-order chi connectivity index (χ0) is 25.6. The standard InChI is InChI=1S/C25H23ClF2N6OS/c1-3-13(2)33-6-8-34(9-7-33)23-16-11-17(26)15(12-19(28)21(16)31-25(35)32-23)14-4-5-18(27)22-20(10-14)30-24(29)36-22/h3-5,10-11,20H,1-2,6-9,12H2,(H2,29,30)(H,31,35). The van der Waals surface area contributed by atoms with Gasteiger partial charge in [0, 0.05) is 48.5 Å². The number of rotatable bonds is 4. The van der Waals surface area contributed by atoms with Crippen molar-refractivity contribution in [3.63, 3.8) is 0 Å². The van der Waals surface area contributed by atoms with Crippen LogP contribution in [0.1, 0.15) is 6.42 Å². The van der Waals surface area contributed by atoms with E-state index in [0.717, 1.165) is 17.5 Å². The number of nitrogens with zero attached hydrogens (tertiary/aromatic N) is 4. The van der Waals surface area contributed by atoms with Gasteiger partial charge in [0.05, 0.1) is 10.3 Å². The van der Waals surface area contributed by atoms with Crippen molar-refractivity contribution in [1.29, 1.82) is 0 Å². The van der Waals surface area contributed by atoms with E-state index in [4.69, 9.17) is 17.3 Å². The van der Waals surface area contributed by atoms with Crippen LogP contribution in [0.25, 0.3) is 11.9 Å². The Hall–Kier alpha value is -3.37. The van der Waals surface area contributed by atoms with Crippen LogP contribution in [0.5, 0.6) is 0 Å². The highest BCUT2D eigenvalue weighted by Gasteiger charge is 2.28. The molecule has 0 bridgehead atoms. The van der Waals surface area contributed by atoms with Crippen LogP contribution in [0.4, 0.5) is 14.6 Å². The van der Waals surface area contributed by atoms with Crippen molar-refractivity contribution in [2.24, 2.45) is 10.7 Å². The number of amidine groups is 1. The molecule has 186 valence electrons. The van der Waals surface area contributed by atoms with Gasteiger partial charge in [-0.1, -0.05) is 42.6 Å². The number of H-pyrrole nitrogens is 1. The van der Waals surface area contributed by atoms with Crippen molar-refractivity contribution in [2.75, 3.05) is 31.1 Å². The van der Waals surface area contributed by atoms with E-state index in [1.54, 1.807) is 24.3 Å². The predicted octanol–water partition coefficient (Wildman–Crippen LogP) is 2.45. The molecule has 1 atom stereocenters. The number of fused-ring (bicyclic) bond motifs is 2. The van der Waals surface area contributed by atoms with E-state index >= 15 is 4.39 Å². The van der Waals surface area contributed by atoms with E-state index in [0.29, 0.717) is 53.3 Å². The lowest BCUT2D eigenvalue weighted by molar-refractivity contribution is 0.330. The maximum absolute atomic E-state index is 15.6. The number of nitrogens with two attached hydrogens (primary N) is 1. The van der Waals surface area contributed by atoms with Crippen LogP contribution in [0.2, 0.25) is 0 Å². The molecule has 4 aliphatic rings. The van der Waals surface area contributed by atoms with Gasteiger partial charge in [0.1, 0.15) is 23.5 Å². The summed E-state index contributed by atoms with van der Waals surface area (Å²) in [6.07, 6.45) is 7.68. The normalized spacial score (nSPS) is 21.9.